The molecule has 0 fully saturated rings. The zero-order valence-electron chi connectivity index (χ0n) is 12.6. The first kappa shape index (κ1) is 14.7. The molecule has 1 aromatic carbocycles. The number of nitrogens with one attached hydrogen (secondary N) is 1. The summed E-state index contributed by atoms with van der Waals surface area (Å²) < 4.78 is 5.72. The van der Waals surface area contributed by atoms with Crippen molar-refractivity contribution in [3.63, 3.8) is 0 Å². The Hall–Kier alpha value is -3.21. The van der Waals surface area contributed by atoms with Crippen LogP contribution in [0.4, 0.5) is 5.69 Å². The van der Waals surface area contributed by atoms with Crippen molar-refractivity contribution in [3.8, 4) is 11.6 Å². The molecule has 0 unspecified atom stereocenters. The van der Waals surface area contributed by atoms with Crippen LogP contribution in [0.5, 0.6) is 11.6 Å². The Bertz CT molecular complexity index is 802. The van der Waals surface area contributed by atoms with E-state index in [-0.39, 0.29) is 5.91 Å². The van der Waals surface area contributed by atoms with E-state index in [9.17, 15) is 4.79 Å². The first-order valence-electron chi connectivity index (χ1n) is 7.14. The number of carbonyl (C=O) groups is 1. The second kappa shape index (κ2) is 6.70. The predicted octanol–water partition coefficient (Wildman–Crippen LogP) is 3.83. The largest absolute Gasteiger partial charge is 0.437 e. The number of aromatic nitrogens is 2. The average molecular weight is 305 g/mol. The second-order valence-corrected chi connectivity index (χ2v) is 4.91. The number of amides is 1. The number of rotatable bonds is 4. The van der Waals surface area contributed by atoms with Crippen molar-refractivity contribution >= 4 is 11.6 Å². The SMILES string of the molecule is Cc1ccc(C(=O)Nc2cccnc2Oc2ccccc2)cn1. The van der Waals surface area contributed by atoms with Gasteiger partial charge in [0, 0.05) is 18.1 Å². The van der Waals surface area contributed by atoms with Crippen LogP contribution in [0.3, 0.4) is 0 Å². The molecule has 2 heterocycles. The van der Waals surface area contributed by atoms with Crippen molar-refractivity contribution in [3.05, 3.63) is 78.2 Å². The number of carbonyl (C=O) groups excluding carboxylic acids is 1. The molecule has 0 saturated carbocycles. The number of anilines is 1. The molecule has 0 atom stereocenters. The first-order chi connectivity index (χ1) is 11.2. The molecule has 0 aliphatic rings. The number of para-hydroxylation sites is 1. The lowest BCUT2D eigenvalue weighted by atomic mass is 10.2. The minimum atomic E-state index is -0.261. The van der Waals surface area contributed by atoms with Crippen molar-refractivity contribution in [2.75, 3.05) is 5.32 Å². The third kappa shape index (κ3) is 3.71. The van der Waals surface area contributed by atoms with E-state index in [1.807, 2.05) is 37.3 Å². The van der Waals surface area contributed by atoms with Crippen LogP contribution in [0.1, 0.15) is 16.1 Å². The second-order valence-electron chi connectivity index (χ2n) is 4.91. The summed E-state index contributed by atoms with van der Waals surface area (Å²) in [7, 11) is 0. The highest BCUT2D eigenvalue weighted by Gasteiger charge is 2.11. The van der Waals surface area contributed by atoms with Crippen LogP contribution in [0.2, 0.25) is 0 Å². The molecule has 0 bridgehead atoms. The smallest absolute Gasteiger partial charge is 0.257 e. The van der Waals surface area contributed by atoms with Crippen LogP contribution in [0, 0.1) is 6.92 Å². The normalized spacial score (nSPS) is 10.1. The van der Waals surface area contributed by atoms with Gasteiger partial charge < -0.3 is 10.1 Å². The molecule has 0 saturated heterocycles. The van der Waals surface area contributed by atoms with Gasteiger partial charge in [0.1, 0.15) is 11.4 Å². The van der Waals surface area contributed by atoms with Gasteiger partial charge >= 0.3 is 0 Å². The fraction of sp³-hybridized carbons (Fsp3) is 0.0556. The Kier molecular flexibility index (Phi) is 4.29. The summed E-state index contributed by atoms with van der Waals surface area (Å²) in [6, 6.07) is 16.3. The summed E-state index contributed by atoms with van der Waals surface area (Å²) >= 11 is 0. The van der Waals surface area contributed by atoms with E-state index in [4.69, 9.17) is 4.74 Å². The van der Waals surface area contributed by atoms with Gasteiger partial charge in [-0.1, -0.05) is 18.2 Å². The van der Waals surface area contributed by atoms with Crippen LogP contribution in [-0.4, -0.2) is 15.9 Å². The van der Waals surface area contributed by atoms with E-state index in [1.165, 1.54) is 0 Å². The maximum atomic E-state index is 12.3. The topological polar surface area (TPSA) is 64.1 Å². The quantitative estimate of drug-likeness (QED) is 0.795. The maximum absolute atomic E-state index is 12.3. The summed E-state index contributed by atoms with van der Waals surface area (Å²) in [6.45, 7) is 1.87. The molecular formula is C18H15N3O2. The van der Waals surface area contributed by atoms with Crippen molar-refractivity contribution in [2.24, 2.45) is 0 Å². The number of nitrogens with zero attached hydrogens (tertiary/aromatic N) is 2. The Balaban J connectivity index is 1.80. The minimum absolute atomic E-state index is 0.261. The van der Waals surface area contributed by atoms with Gasteiger partial charge in [-0.3, -0.25) is 9.78 Å². The number of pyridine rings is 2. The van der Waals surface area contributed by atoms with E-state index in [0.717, 1.165) is 5.69 Å². The maximum Gasteiger partial charge on any atom is 0.257 e. The first-order valence-corrected chi connectivity index (χ1v) is 7.14. The Morgan fingerprint density at radius 3 is 2.57 bits per heavy atom. The Morgan fingerprint density at radius 2 is 1.83 bits per heavy atom. The monoisotopic (exact) mass is 305 g/mol. The molecule has 3 aromatic rings. The lowest BCUT2D eigenvalue weighted by molar-refractivity contribution is 0.102. The molecule has 5 nitrogen and oxygen atoms in total. The molecule has 0 radical (unpaired) electrons. The molecule has 23 heavy (non-hydrogen) atoms. The molecule has 0 spiro atoms. The van der Waals surface area contributed by atoms with Gasteiger partial charge in [0.05, 0.1) is 5.56 Å². The van der Waals surface area contributed by atoms with E-state index in [0.29, 0.717) is 22.9 Å². The van der Waals surface area contributed by atoms with Crippen molar-refractivity contribution in [1.82, 2.24) is 9.97 Å². The van der Waals surface area contributed by atoms with Crippen LogP contribution < -0.4 is 10.1 Å². The molecule has 5 heteroatoms. The van der Waals surface area contributed by atoms with Crippen LogP contribution in [0.15, 0.2) is 67.0 Å². The Labute approximate surface area is 134 Å². The Morgan fingerprint density at radius 1 is 1.00 bits per heavy atom. The molecule has 2 aromatic heterocycles. The van der Waals surface area contributed by atoms with Gasteiger partial charge in [0.2, 0.25) is 5.88 Å². The number of hydrogen-bond acceptors (Lipinski definition) is 4. The summed E-state index contributed by atoms with van der Waals surface area (Å²) in [4.78, 5) is 20.6. The number of benzene rings is 1. The molecule has 114 valence electrons. The van der Waals surface area contributed by atoms with E-state index >= 15 is 0 Å². The minimum Gasteiger partial charge on any atom is -0.437 e. The summed E-state index contributed by atoms with van der Waals surface area (Å²) in [5.74, 6) is 0.731. The number of ether oxygens (including phenoxy) is 1. The zero-order chi connectivity index (χ0) is 16.1. The highest BCUT2D eigenvalue weighted by atomic mass is 16.5. The molecule has 0 aliphatic carbocycles. The van der Waals surface area contributed by atoms with Crippen molar-refractivity contribution < 1.29 is 9.53 Å². The van der Waals surface area contributed by atoms with Crippen molar-refractivity contribution in [1.29, 1.82) is 0 Å². The van der Waals surface area contributed by atoms with Crippen LogP contribution in [0.25, 0.3) is 0 Å². The fourth-order valence-electron chi connectivity index (χ4n) is 1.96. The van der Waals surface area contributed by atoms with Gasteiger partial charge in [-0.15, -0.1) is 0 Å². The third-order valence-electron chi connectivity index (χ3n) is 3.15. The average Bonchev–Trinajstić information content (AvgIpc) is 2.58. The number of aryl methyl sites for hydroxylation is 1. The van der Waals surface area contributed by atoms with E-state index < -0.39 is 0 Å². The molecule has 3 rings (SSSR count). The standard InChI is InChI=1S/C18H15N3O2/c1-13-9-10-14(12-20-13)17(22)21-16-8-5-11-19-18(16)23-15-6-3-2-4-7-15/h2-12H,1H3,(H,21,22). The highest BCUT2D eigenvalue weighted by molar-refractivity contribution is 6.04. The lowest BCUT2D eigenvalue weighted by Crippen LogP contribution is -2.13. The van der Waals surface area contributed by atoms with Crippen LogP contribution in [-0.2, 0) is 0 Å². The lowest BCUT2D eigenvalue weighted by Gasteiger charge is -2.11. The fourth-order valence-corrected chi connectivity index (χ4v) is 1.96. The number of hydrogen-bond donors (Lipinski definition) is 1. The van der Waals surface area contributed by atoms with Gasteiger partial charge in [-0.25, -0.2) is 4.98 Å². The van der Waals surface area contributed by atoms with E-state index in [1.54, 1.807) is 36.7 Å². The van der Waals surface area contributed by atoms with Crippen LogP contribution >= 0.6 is 0 Å². The highest BCUT2D eigenvalue weighted by Crippen LogP contribution is 2.26. The van der Waals surface area contributed by atoms with Gasteiger partial charge in [-0.05, 0) is 43.3 Å². The summed E-state index contributed by atoms with van der Waals surface area (Å²) in [5.41, 5.74) is 1.84. The zero-order valence-corrected chi connectivity index (χ0v) is 12.6. The molecule has 1 N–H and O–H groups in total. The van der Waals surface area contributed by atoms with Gasteiger partial charge in [0.15, 0.2) is 0 Å². The third-order valence-corrected chi connectivity index (χ3v) is 3.15. The summed E-state index contributed by atoms with van der Waals surface area (Å²) in [5, 5.41) is 2.80. The van der Waals surface area contributed by atoms with E-state index in [2.05, 4.69) is 15.3 Å². The molecular weight excluding hydrogens is 290 g/mol. The van der Waals surface area contributed by atoms with Gasteiger partial charge in [0.25, 0.3) is 5.91 Å². The van der Waals surface area contributed by atoms with Crippen molar-refractivity contribution in [2.45, 2.75) is 6.92 Å². The predicted molar refractivity (Wildman–Crippen MR) is 87.7 cm³/mol. The van der Waals surface area contributed by atoms with Gasteiger partial charge in [-0.2, -0.15) is 0 Å². The molecule has 1 amide bonds. The summed E-state index contributed by atoms with van der Waals surface area (Å²) in [6.07, 6.45) is 3.15. The molecule has 0 aliphatic heterocycles.